The van der Waals surface area contributed by atoms with Crippen LogP contribution in [0.25, 0.3) is 0 Å². The first-order chi connectivity index (χ1) is 18.8. The SMILES string of the molecule is Cc1ccc(S(=O)(=O)OCC(O)C(c2ccccc2)N2CCc3cc(NC(=O)c4ccccc4)ccc32)cc1. The number of nitrogens with one attached hydrogen (secondary N) is 1. The van der Waals surface area contributed by atoms with Crippen LogP contribution in [0.4, 0.5) is 11.4 Å². The van der Waals surface area contributed by atoms with Gasteiger partial charge in [-0.05, 0) is 66.9 Å². The molecule has 8 heteroatoms. The lowest BCUT2D eigenvalue weighted by Gasteiger charge is -2.34. The maximum Gasteiger partial charge on any atom is 0.297 e. The minimum absolute atomic E-state index is 0.0492. The highest BCUT2D eigenvalue weighted by atomic mass is 32.2. The van der Waals surface area contributed by atoms with Gasteiger partial charge in [-0.3, -0.25) is 8.98 Å². The largest absolute Gasteiger partial charge is 0.388 e. The molecular formula is C31H30N2O5S. The molecule has 1 heterocycles. The lowest BCUT2D eigenvalue weighted by Crippen LogP contribution is -2.38. The van der Waals surface area contributed by atoms with Crippen molar-refractivity contribution in [1.82, 2.24) is 0 Å². The van der Waals surface area contributed by atoms with Crippen LogP contribution in [0.5, 0.6) is 0 Å². The Kier molecular flexibility index (Phi) is 7.79. The summed E-state index contributed by atoms with van der Waals surface area (Å²) in [6.45, 7) is 2.10. The minimum atomic E-state index is -4.03. The summed E-state index contributed by atoms with van der Waals surface area (Å²) in [4.78, 5) is 14.7. The third-order valence-electron chi connectivity index (χ3n) is 6.85. The number of hydrogen-bond donors (Lipinski definition) is 2. The fourth-order valence-electron chi connectivity index (χ4n) is 4.87. The van der Waals surface area contributed by atoms with Gasteiger partial charge in [-0.1, -0.05) is 66.2 Å². The van der Waals surface area contributed by atoms with E-state index in [1.807, 2.05) is 73.7 Å². The second kappa shape index (κ2) is 11.4. The van der Waals surface area contributed by atoms with E-state index < -0.39 is 28.9 Å². The van der Waals surface area contributed by atoms with Gasteiger partial charge in [0.25, 0.3) is 16.0 Å². The molecule has 2 N–H and O–H groups in total. The molecule has 4 aromatic rings. The van der Waals surface area contributed by atoms with Gasteiger partial charge < -0.3 is 15.3 Å². The van der Waals surface area contributed by atoms with E-state index in [-0.39, 0.29) is 10.8 Å². The van der Waals surface area contributed by atoms with E-state index >= 15 is 0 Å². The Morgan fingerprint density at radius 2 is 1.62 bits per heavy atom. The van der Waals surface area contributed by atoms with E-state index in [2.05, 4.69) is 10.2 Å². The second-order valence-corrected chi connectivity index (χ2v) is 11.2. The van der Waals surface area contributed by atoms with Gasteiger partial charge in [0, 0.05) is 23.5 Å². The van der Waals surface area contributed by atoms with Crippen molar-refractivity contribution < 1.29 is 22.5 Å². The summed E-state index contributed by atoms with van der Waals surface area (Å²) in [5, 5.41) is 14.3. The lowest BCUT2D eigenvalue weighted by atomic mass is 9.99. The maximum absolute atomic E-state index is 12.8. The number of benzene rings is 4. The van der Waals surface area contributed by atoms with Crippen molar-refractivity contribution in [2.24, 2.45) is 0 Å². The fourth-order valence-corrected chi connectivity index (χ4v) is 5.79. The van der Waals surface area contributed by atoms with Gasteiger partial charge in [0.05, 0.1) is 17.5 Å². The standard InChI is InChI=1S/C31H30N2O5S/c1-22-12-15-27(16-13-22)39(36,37)38-21-29(34)30(23-8-4-2-5-9-23)33-19-18-25-20-26(14-17-28(25)33)32-31(35)24-10-6-3-7-11-24/h2-17,20,29-30,34H,18-19,21H2,1H3,(H,32,35). The zero-order valence-electron chi connectivity index (χ0n) is 21.5. The third kappa shape index (κ3) is 6.04. The predicted octanol–water partition coefficient (Wildman–Crippen LogP) is 5.12. The van der Waals surface area contributed by atoms with Gasteiger partial charge in [0.2, 0.25) is 0 Å². The van der Waals surface area contributed by atoms with Crippen LogP contribution in [-0.2, 0) is 20.7 Å². The van der Waals surface area contributed by atoms with E-state index in [1.165, 1.54) is 12.1 Å². The van der Waals surface area contributed by atoms with Gasteiger partial charge in [-0.15, -0.1) is 0 Å². The highest BCUT2D eigenvalue weighted by Gasteiger charge is 2.33. The Labute approximate surface area is 228 Å². The molecule has 0 aromatic heterocycles. The number of anilines is 2. The molecule has 2 atom stereocenters. The van der Waals surface area contributed by atoms with E-state index in [1.54, 1.807) is 24.3 Å². The van der Waals surface area contributed by atoms with Crippen LogP contribution in [0.1, 0.15) is 33.1 Å². The fraction of sp³-hybridized carbons (Fsp3) is 0.194. The molecule has 200 valence electrons. The highest BCUT2D eigenvalue weighted by Crippen LogP contribution is 2.38. The summed E-state index contributed by atoms with van der Waals surface area (Å²) >= 11 is 0. The number of hydrogen-bond acceptors (Lipinski definition) is 6. The Balaban J connectivity index is 1.36. The third-order valence-corrected chi connectivity index (χ3v) is 8.15. The number of carbonyl (C=O) groups excluding carboxylic acids is 1. The van der Waals surface area contributed by atoms with Crippen molar-refractivity contribution in [2.45, 2.75) is 30.4 Å². The van der Waals surface area contributed by atoms with Crippen LogP contribution in [0.15, 0.2) is 108 Å². The molecule has 4 aromatic carbocycles. The monoisotopic (exact) mass is 542 g/mol. The molecule has 1 aliphatic rings. The van der Waals surface area contributed by atoms with Gasteiger partial charge in [0.15, 0.2) is 0 Å². The Morgan fingerprint density at radius 3 is 2.31 bits per heavy atom. The molecule has 0 bridgehead atoms. The quantitative estimate of drug-likeness (QED) is 0.285. The molecule has 39 heavy (non-hydrogen) atoms. The Hall–Kier alpha value is -3.98. The first kappa shape index (κ1) is 26.6. The molecule has 0 saturated carbocycles. The number of fused-ring (bicyclic) bond motifs is 1. The predicted molar refractivity (Wildman–Crippen MR) is 151 cm³/mol. The average molecular weight is 543 g/mol. The normalized spacial score (nSPS) is 14.5. The second-order valence-electron chi connectivity index (χ2n) is 9.58. The van der Waals surface area contributed by atoms with Gasteiger partial charge in [-0.25, -0.2) is 0 Å². The Bertz CT molecular complexity index is 1540. The zero-order chi connectivity index (χ0) is 27.4. The van der Waals surface area contributed by atoms with Crippen LogP contribution in [0, 0.1) is 6.92 Å². The van der Waals surface area contributed by atoms with E-state index in [9.17, 15) is 18.3 Å². The minimum Gasteiger partial charge on any atom is -0.388 e. The van der Waals surface area contributed by atoms with Crippen LogP contribution in [-0.4, -0.2) is 38.7 Å². The molecule has 0 fully saturated rings. The maximum atomic E-state index is 12.8. The zero-order valence-corrected chi connectivity index (χ0v) is 22.3. The van der Waals surface area contributed by atoms with Gasteiger partial charge >= 0.3 is 0 Å². The number of nitrogens with zero attached hydrogens (tertiary/aromatic N) is 1. The van der Waals surface area contributed by atoms with Crippen LogP contribution < -0.4 is 10.2 Å². The van der Waals surface area contributed by atoms with Crippen molar-refractivity contribution in [3.63, 3.8) is 0 Å². The molecule has 5 rings (SSSR count). The first-order valence-electron chi connectivity index (χ1n) is 12.8. The molecule has 7 nitrogen and oxygen atoms in total. The van der Waals surface area contributed by atoms with E-state index in [4.69, 9.17) is 4.18 Å². The molecule has 1 amide bonds. The summed E-state index contributed by atoms with van der Waals surface area (Å²) in [6, 6.07) is 30.1. The summed E-state index contributed by atoms with van der Waals surface area (Å²) in [7, 11) is -4.03. The molecule has 2 unspecified atom stereocenters. The van der Waals surface area contributed by atoms with Crippen LogP contribution in [0.2, 0.25) is 0 Å². The number of amides is 1. The number of rotatable bonds is 9. The molecule has 1 aliphatic heterocycles. The molecule has 0 aliphatic carbocycles. The van der Waals surface area contributed by atoms with Crippen molar-refractivity contribution in [1.29, 1.82) is 0 Å². The van der Waals surface area contributed by atoms with Gasteiger partial charge in [0.1, 0.15) is 6.10 Å². The van der Waals surface area contributed by atoms with Gasteiger partial charge in [-0.2, -0.15) is 8.42 Å². The summed E-state index contributed by atoms with van der Waals surface area (Å²) in [5.41, 5.74) is 5.00. The molecule has 0 saturated heterocycles. The molecule has 0 radical (unpaired) electrons. The average Bonchev–Trinajstić information content (AvgIpc) is 3.36. The summed E-state index contributed by atoms with van der Waals surface area (Å²) < 4.78 is 30.9. The van der Waals surface area contributed by atoms with Crippen LogP contribution >= 0.6 is 0 Å². The van der Waals surface area contributed by atoms with E-state index in [0.717, 1.165) is 22.4 Å². The molecule has 0 spiro atoms. The number of carbonyl (C=O) groups is 1. The number of aryl methyl sites for hydroxylation is 1. The van der Waals surface area contributed by atoms with Crippen LogP contribution in [0.3, 0.4) is 0 Å². The topological polar surface area (TPSA) is 95.9 Å². The first-order valence-corrected chi connectivity index (χ1v) is 14.2. The van der Waals surface area contributed by atoms with Crippen molar-refractivity contribution in [3.05, 3.63) is 125 Å². The highest BCUT2D eigenvalue weighted by molar-refractivity contribution is 7.86. The van der Waals surface area contributed by atoms with Crippen molar-refractivity contribution in [3.8, 4) is 0 Å². The van der Waals surface area contributed by atoms with Crippen molar-refractivity contribution in [2.75, 3.05) is 23.4 Å². The number of aliphatic hydroxyl groups excluding tert-OH is 1. The van der Waals surface area contributed by atoms with E-state index in [0.29, 0.717) is 24.2 Å². The lowest BCUT2D eigenvalue weighted by molar-refractivity contribution is 0.0852. The van der Waals surface area contributed by atoms with Crippen molar-refractivity contribution >= 4 is 27.4 Å². The molecular weight excluding hydrogens is 512 g/mol. The smallest absolute Gasteiger partial charge is 0.297 e. The summed E-state index contributed by atoms with van der Waals surface area (Å²) in [6.07, 6.45) is -0.417. The number of aliphatic hydroxyl groups is 1. The summed E-state index contributed by atoms with van der Waals surface area (Å²) in [5.74, 6) is -0.185. The Morgan fingerprint density at radius 1 is 0.949 bits per heavy atom.